The third kappa shape index (κ3) is 2.63. The number of halogens is 2. The summed E-state index contributed by atoms with van der Waals surface area (Å²) in [6, 6.07) is 9.14. The molecule has 0 radical (unpaired) electrons. The second-order valence-corrected chi connectivity index (χ2v) is 4.89. The zero-order valence-electron chi connectivity index (χ0n) is 9.45. The first-order valence-corrected chi connectivity index (χ1v) is 6.27. The van der Waals surface area contributed by atoms with E-state index in [9.17, 15) is 0 Å². The average molecular weight is 324 g/mol. The van der Waals surface area contributed by atoms with E-state index in [4.69, 9.17) is 21.6 Å². The van der Waals surface area contributed by atoms with Crippen LogP contribution in [-0.4, -0.2) is 4.98 Å². The first kappa shape index (κ1) is 12.9. The Kier molecular flexibility index (Phi) is 3.85. The van der Waals surface area contributed by atoms with Gasteiger partial charge in [0, 0.05) is 10.7 Å². The third-order valence-corrected chi connectivity index (χ3v) is 3.18. The maximum Gasteiger partial charge on any atom is 0.239 e. The maximum absolute atomic E-state index is 8.88. The molecule has 0 amide bonds. The highest BCUT2D eigenvalue weighted by atomic mass is 79.9. The van der Waals surface area contributed by atoms with Crippen LogP contribution >= 0.6 is 27.5 Å². The predicted octanol–water partition coefficient (Wildman–Crippen LogP) is 4.47. The standard InChI is InChI=1S/C13H8BrClN2O/c1-8-6-10(14)2-3-11(8)18-13-12(15)9(7-16)4-5-17-13/h2-6H,1H3. The van der Waals surface area contributed by atoms with Crippen molar-refractivity contribution in [3.05, 3.63) is 51.1 Å². The number of rotatable bonds is 2. The number of benzene rings is 1. The number of hydrogen-bond acceptors (Lipinski definition) is 3. The van der Waals surface area contributed by atoms with Gasteiger partial charge in [-0.1, -0.05) is 27.5 Å². The summed E-state index contributed by atoms with van der Waals surface area (Å²) in [6.45, 7) is 1.92. The van der Waals surface area contributed by atoms with Crippen molar-refractivity contribution >= 4 is 27.5 Å². The van der Waals surface area contributed by atoms with E-state index in [-0.39, 0.29) is 10.9 Å². The fourth-order valence-electron chi connectivity index (χ4n) is 1.41. The van der Waals surface area contributed by atoms with Crippen LogP contribution in [-0.2, 0) is 0 Å². The minimum atomic E-state index is 0.224. The molecule has 0 aliphatic rings. The number of aromatic nitrogens is 1. The van der Waals surface area contributed by atoms with Crippen LogP contribution in [0.25, 0.3) is 0 Å². The van der Waals surface area contributed by atoms with Gasteiger partial charge in [-0.3, -0.25) is 0 Å². The van der Waals surface area contributed by atoms with Gasteiger partial charge in [0.15, 0.2) is 0 Å². The van der Waals surface area contributed by atoms with Crippen LogP contribution in [0.3, 0.4) is 0 Å². The van der Waals surface area contributed by atoms with Crippen LogP contribution in [0.1, 0.15) is 11.1 Å². The molecular formula is C13H8BrClN2O. The molecule has 0 unspecified atom stereocenters. The highest BCUT2D eigenvalue weighted by molar-refractivity contribution is 9.10. The Bertz CT molecular complexity index is 637. The van der Waals surface area contributed by atoms with Gasteiger partial charge in [0.25, 0.3) is 0 Å². The highest BCUT2D eigenvalue weighted by Gasteiger charge is 2.10. The monoisotopic (exact) mass is 322 g/mol. The number of pyridine rings is 1. The normalized spacial score (nSPS) is 9.89. The molecule has 0 N–H and O–H groups in total. The van der Waals surface area contributed by atoms with E-state index in [1.807, 2.05) is 31.2 Å². The fourth-order valence-corrected chi connectivity index (χ4v) is 2.08. The maximum atomic E-state index is 8.88. The van der Waals surface area contributed by atoms with Gasteiger partial charge >= 0.3 is 0 Å². The van der Waals surface area contributed by atoms with Crippen molar-refractivity contribution in [3.63, 3.8) is 0 Å². The zero-order valence-corrected chi connectivity index (χ0v) is 11.8. The summed E-state index contributed by atoms with van der Waals surface area (Å²) in [6.07, 6.45) is 1.49. The predicted molar refractivity (Wildman–Crippen MR) is 72.9 cm³/mol. The molecule has 90 valence electrons. The zero-order chi connectivity index (χ0) is 13.1. The Morgan fingerprint density at radius 3 is 2.83 bits per heavy atom. The molecule has 0 saturated carbocycles. The Morgan fingerprint density at radius 1 is 1.39 bits per heavy atom. The molecule has 0 spiro atoms. The molecule has 1 aromatic carbocycles. The molecule has 3 nitrogen and oxygen atoms in total. The van der Waals surface area contributed by atoms with E-state index in [0.717, 1.165) is 10.0 Å². The molecule has 1 aromatic heterocycles. The first-order chi connectivity index (χ1) is 8.61. The number of nitrogens with zero attached hydrogens (tertiary/aromatic N) is 2. The SMILES string of the molecule is Cc1cc(Br)ccc1Oc1nccc(C#N)c1Cl. The average Bonchev–Trinajstić information content (AvgIpc) is 2.35. The molecule has 2 aromatic rings. The topological polar surface area (TPSA) is 45.9 Å². The molecular weight excluding hydrogens is 316 g/mol. The Morgan fingerprint density at radius 2 is 2.17 bits per heavy atom. The van der Waals surface area contributed by atoms with Crippen molar-refractivity contribution in [2.24, 2.45) is 0 Å². The molecule has 5 heteroatoms. The quantitative estimate of drug-likeness (QED) is 0.819. The van der Waals surface area contributed by atoms with E-state index >= 15 is 0 Å². The highest BCUT2D eigenvalue weighted by Crippen LogP contribution is 2.31. The van der Waals surface area contributed by atoms with E-state index in [2.05, 4.69) is 20.9 Å². The van der Waals surface area contributed by atoms with Gasteiger partial charge < -0.3 is 4.74 Å². The van der Waals surface area contributed by atoms with Crippen LogP contribution in [0, 0.1) is 18.3 Å². The lowest BCUT2D eigenvalue weighted by atomic mass is 10.2. The van der Waals surface area contributed by atoms with Crippen LogP contribution in [0.15, 0.2) is 34.9 Å². The summed E-state index contributed by atoms with van der Waals surface area (Å²) in [7, 11) is 0. The lowest BCUT2D eigenvalue weighted by Gasteiger charge is -2.09. The Hall–Kier alpha value is -1.57. The Balaban J connectivity index is 2.38. The van der Waals surface area contributed by atoms with E-state index < -0.39 is 0 Å². The second kappa shape index (κ2) is 5.38. The smallest absolute Gasteiger partial charge is 0.239 e. The first-order valence-electron chi connectivity index (χ1n) is 5.10. The largest absolute Gasteiger partial charge is 0.437 e. The van der Waals surface area contributed by atoms with Crippen LogP contribution in [0.2, 0.25) is 5.02 Å². The summed E-state index contributed by atoms with van der Waals surface area (Å²) in [4.78, 5) is 4.03. The molecule has 0 atom stereocenters. The van der Waals surface area contributed by atoms with Crippen molar-refractivity contribution in [2.45, 2.75) is 6.92 Å². The number of ether oxygens (including phenoxy) is 1. The summed E-state index contributed by atoms with van der Waals surface area (Å²) in [5.41, 5.74) is 1.29. The van der Waals surface area contributed by atoms with Gasteiger partial charge in [-0.05, 0) is 36.8 Å². The van der Waals surface area contributed by atoms with E-state index in [1.165, 1.54) is 6.20 Å². The Labute approximate surface area is 118 Å². The van der Waals surface area contributed by atoms with Gasteiger partial charge in [-0.15, -0.1) is 0 Å². The molecule has 0 saturated heterocycles. The molecule has 0 aliphatic heterocycles. The molecule has 0 aliphatic carbocycles. The van der Waals surface area contributed by atoms with Crippen molar-refractivity contribution in [3.8, 4) is 17.7 Å². The summed E-state index contributed by atoms with van der Waals surface area (Å²) >= 11 is 9.40. The number of aryl methyl sites for hydroxylation is 1. The van der Waals surface area contributed by atoms with E-state index in [1.54, 1.807) is 6.07 Å². The molecule has 1 heterocycles. The lowest BCUT2D eigenvalue weighted by Crippen LogP contribution is -1.92. The minimum Gasteiger partial charge on any atom is -0.437 e. The van der Waals surface area contributed by atoms with Gasteiger partial charge in [0.2, 0.25) is 5.88 Å². The van der Waals surface area contributed by atoms with Crippen molar-refractivity contribution in [1.82, 2.24) is 4.98 Å². The molecule has 0 bridgehead atoms. The van der Waals surface area contributed by atoms with Crippen LogP contribution in [0.4, 0.5) is 0 Å². The number of nitriles is 1. The second-order valence-electron chi connectivity index (χ2n) is 3.60. The lowest BCUT2D eigenvalue weighted by molar-refractivity contribution is 0.459. The molecule has 18 heavy (non-hydrogen) atoms. The van der Waals surface area contributed by atoms with Gasteiger partial charge in [0.1, 0.15) is 16.8 Å². The van der Waals surface area contributed by atoms with E-state index in [0.29, 0.717) is 11.3 Å². The summed E-state index contributed by atoms with van der Waals surface area (Å²) in [5, 5.41) is 9.10. The van der Waals surface area contributed by atoms with Gasteiger partial charge in [-0.2, -0.15) is 5.26 Å². The molecule has 0 fully saturated rings. The molecule has 2 rings (SSSR count). The van der Waals surface area contributed by atoms with Gasteiger partial charge in [-0.25, -0.2) is 4.98 Å². The third-order valence-electron chi connectivity index (χ3n) is 2.32. The summed E-state index contributed by atoms with van der Waals surface area (Å²) < 4.78 is 6.59. The van der Waals surface area contributed by atoms with Crippen molar-refractivity contribution in [1.29, 1.82) is 5.26 Å². The number of hydrogen-bond donors (Lipinski definition) is 0. The fraction of sp³-hybridized carbons (Fsp3) is 0.0769. The van der Waals surface area contributed by atoms with Crippen LogP contribution < -0.4 is 4.74 Å². The van der Waals surface area contributed by atoms with Crippen molar-refractivity contribution < 1.29 is 4.74 Å². The summed E-state index contributed by atoms with van der Waals surface area (Å²) in [5.74, 6) is 0.892. The van der Waals surface area contributed by atoms with Crippen molar-refractivity contribution in [2.75, 3.05) is 0 Å². The minimum absolute atomic E-state index is 0.224. The van der Waals surface area contributed by atoms with Crippen LogP contribution in [0.5, 0.6) is 11.6 Å². The van der Waals surface area contributed by atoms with Gasteiger partial charge in [0.05, 0.1) is 5.56 Å².